The van der Waals surface area contributed by atoms with E-state index in [1.54, 1.807) is 6.07 Å². The smallest absolute Gasteiger partial charge is 0.143 e. The minimum atomic E-state index is -0.475. The van der Waals surface area contributed by atoms with E-state index in [0.29, 0.717) is 0 Å². The predicted molar refractivity (Wildman–Crippen MR) is 47.7 cm³/mol. The van der Waals surface area contributed by atoms with E-state index < -0.39 is 5.82 Å². The van der Waals surface area contributed by atoms with Crippen LogP contribution in [0.2, 0.25) is 0 Å². The minimum absolute atomic E-state index is 0.0894. The number of hydrogen-bond donors (Lipinski definition) is 1. The first kappa shape index (κ1) is 7.81. The molecule has 0 aliphatic rings. The summed E-state index contributed by atoms with van der Waals surface area (Å²) < 4.78 is 13.1. The first-order chi connectivity index (χ1) is 6.20. The lowest BCUT2D eigenvalue weighted by molar-refractivity contribution is 0.625. The lowest BCUT2D eigenvalue weighted by Crippen LogP contribution is -1.82. The topological polar surface area (TPSA) is 39.6 Å². The van der Waals surface area contributed by atoms with Crippen molar-refractivity contribution in [3.8, 4) is 6.07 Å². The van der Waals surface area contributed by atoms with Crippen molar-refractivity contribution in [1.29, 1.82) is 5.26 Å². The van der Waals surface area contributed by atoms with Crippen LogP contribution in [0.4, 0.5) is 4.39 Å². The van der Waals surface area contributed by atoms with Gasteiger partial charge < -0.3 is 4.98 Å². The number of fused-ring (bicyclic) bond motifs is 1. The number of benzene rings is 1. The minimum Gasteiger partial charge on any atom is -0.359 e. The molecule has 0 aliphatic carbocycles. The number of rotatable bonds is 0. The summed E-state index contributed by atoms with van der Waals surface area (Å²) in [6, 6.07) is 6.59. The van der Waals surface area contributed by atoms with Crippen LogP contribution in [0.1, 0.15) is 11.3 Å². The van der Waals surface area contributed by atoms with E-state index >= 15 is 0 Å². The van der Waals surface area contributed by atoms with Crippen LogP contribution >= 0.6 is 0 Å². The van der Waals surface area contributed by atoms with E-state index in [1.807, 2.05) is 19.1 Å². The van der Waals surface area contributed by atoms with Crippen molar-refractivity contribution in [2.75, 3.05) is 0 Å². The highest BCUT2D eigenvalue weighted by molar-refractivity contribution is 5.81. The number of nitrogens with one attached hydrogen (secondary N) is 1. The van der Waals surface area contributed by atoms with Gasteiger partial charge in [0.1, 0.15) is 11.9 Å². The molecule has 0 saturated carbocycles. The number of halogens is 1. The van der Waals surface area contributed by atoms with Crippen LogP contribution in [0, 0.1) is 24.1 Å². The maximum absolute atomic E-state index is 13.1. The molecule has 13 heavy (non-hydrogen) atoms. The first-order valence-electron chi connectivity index (χ1n) is 3.89. The summed E-state index contributed by atoms with van der Waals surface area (Å²) in [7, 11) is 0. The van der Waals surface area contributed by atoms with Crippen LogP contribution in [0.25, 0.3) is 10.9 Å². The molecule has 0 unspecified atom stereocenters. The Balaban J connectivity index is 2.82. The van der Waals surface area contributed by atoms with Crippen LogP contribution in [0.3, 0.4) is 0 Å². The molecule has 0 radical (unpaired) electrons. The van der Waals surface area contributed by atoms with Gasteiger partial charge in [-0.3, -0.25) is 0 Å². The highest BCUT2D eigenvalue weighted by Gasteiger charge is 2.05. The van der Waals surface area contributed by atoms with Crippen LogP contribution in [0.5, 0.6) is 0 Å². The van der Waals surface area contributed by atoms with Crippen molar-refractivity contribution >= 4 is 10.9 Å². The summed E-state index contributed by atoms with van der Waals surface area (Å²) in [6.07, 6.45) is 0. The van der Waals surface area contributed by atoms with E-state index in [2.05, 4.69) is 4.98 Å². The second-order valence-electron chi connectivity index (χ2n) is 2.98. The van der Waals surface area contributed by atoms with Gasteiger partial charge in [-0.05, 0) is 25.1 Å². The fourth-order valence-electron chi connectivity index (χ4n) is 1.39. The monoisotopic (exact) mass is 174 g/mol. The SMILES string of the molecule is Cc1cc2cc(C#N)c(F)cc2[nH]1. The summed E-state index contributed by atoms with van der Waals surface area (Å²) in [5.41, 5.74) is 1.78. The zero-order chi connectivity index (χ0) is 9.42. The number of aromatic nitrogens is 1. The molecule has 0 spiro atoms. The summed E-state index contributed by atoms with van der Waals surface area (Å²) in [4.78, 5) is 3.00. The van der Waals surface area contributed by atoms with E-state index in [9.17, 15) is 4.39 Å². The van der Waals surface area contributed by atoms with Crippen molar-refractivity contribution in [1.82, 2.24) is 4.98 Å². The Kier molecular flexibility index (Phi) is 1.56. The third-order valence-corrected chi connectivity index (χ3v) is 1.96. The van der Waals surface area contributed by atoms with Crippen LogP contribution < -0.4 is 0 Å². The number of H-pyrrole nitrogens is 1. The number of aromatic amines is 1. The van der Waals surface area contributed by atoms with E-state index in [1.165, 1.54) is 6.07 Å². The van der Waals surface area contributed by atoms with E-state index in [0.717, 1.165) is 16.6 Å². The molecule has 2 aromatic rings. The second-order valence-corrected chi connectivity index (χ2v) is 2.98. The molecule has 0 fully saturated rings. The second kappa shape index (κ2) is 2.60. The maximum Gasteiger partial charge on any atom is 0.143 e. The van der Waals surface area contributed by atoms with E-state index in [-0.39, 0.29) is 5.56 Å². The van der Waals surface area contributed by atoms with Gasteiger partial charge in [0.05, 0.1) is 5.56 Å². The Bertz CT molecular complexity index is 505. The molecule has 2 rings (SSSR count). The van der Waals surface area contributed by atoms with Crippen LogP contribution in [-0.2, 0) is 0 Å². The third-order valence-electron chi connectivity index (χ3n) is 1.96. The molecule has 0 atom stereocenters. The van der Waals surface area contributed by atoms with Gasteiger partial charge in [-0.25, -0.2) is 4.39 Å². The van der Waals surface area contributed by atoms with Gasteiger partial charge in [-0.2, -0.15) is 5.26 Å². The average Bonchev–Trinajstić information content (AvgIpc) is 2.42. The average molecular weight is 174 g/mol. The molecule has 0 saturated heterocycles. The highest BCUT2D eigenvalue weighted by Crippen LogP contribution is 2.19. The molecule has 1 heterocycles. The quantitative estimate of drug-likeness (QED) is 0.654. The van der Waals surface area contributed by atoms with E-state index in [4.69, 9.17) is 5.26 Å². The van der Waals surface area contributed by atoms with Crippen molar-refractivity contribution in [3.63, 3.8) is 0 Å². The summed E-state index contributed by atoms with van der Waals surface area (Å²) >= 11 is 0. The van der Waals surface area contributed by atoms with Crippen molar-refractivity contribution in [3.05, 3.63) is 35.3 Å². The Labute approximate surface area is 74.6 Å². The zero-order valence-electron chi connectivity index (χ0n) is 7.06. The maximum atomic E-state index is 13.1. The van der Waals surface area contributed by atoms with Gasteiger partial charge in [-0.15, -0.1) is 0 Å². The largest absolute Gasteiger partial charge is 0.359 e. The van der Waals surface area contributed by atoms with Gasteiger partial charge in [0.25, 0.3) is 0 Å². The van der Waals surface area contributed by atoms with Crippen molar-refractivity contribution < 1.29 is 4.39 Å². The summed E-state index contributed by atoms with van der Waals surface area (Å²) in [6.45, 7) is 1.89. The molecule has 3 heteroatoms. The Morgan fingerprint density at radius 2 is 2.15 bits per heavy atom. The Hall–Kier alpha value is -1.82. The standard InChI is InChI=1S/C10H7FN2/c1-6-2-7-3-8(5-12)9(11)4-10(7)13-6/h2-4,13H,1H3. The molecular formula is C10H7FN2. The van der Waals surface area contributed by atoms with Gasteiger partial charge in [-0.1, -0.05) is 0 Å². The zero-order valence-corrected chi connectivity index (χ0v) is 7.06. The Morgan fingerprint density at radius 3 is 2.85 bits per heavy atom. The van der Waals surface area contributed by atoms with Crippen molar-refractivity contribution in [2.45, 2.75) is 6.92 Å². The van der Waals surface area contributed by atoms with Gasteiger partial charge >= 0.3 is 0 Å². The number of nitrogens with zero attached hydrogens (tertiary/aromatic N) is 1. The predicted octanol–water partition coefficient (Wildman–Crippen LogP) is 2.49. The lowest BCUT2D eigenvalue weighted by Gasteiger charge is -1.92. The lowest BCUT2D eigenvalue weighted by atomic mass is 10.1. The molecule has 1 aromatic heterocycles. The number of hydrogen-bond acceptors (Lipinski definition) is 1. The molecule has 0 aliphatic heterocycles. The van der Waals surface area contributed by atoms with Gasteiger partial charge in [0.15, 0.2) is 0 Å². The molecule has 0 bridgehead atoms. The molecular weight excluding hydrogens is 167 g/mol. The Morgan fingerprint density at radius 1 is 1.38 bits per heavy atom. The first-order valence-corrected chi connectivity index (χ1v) is 3.89. The molecule has 0 amide bonds. The molecule has 1 N–H and O–H groups in total. The molecule has 64 valence electrons. The summed E-state index contributed by atoms with van der Waals surface area (Å²) in [5.74, 6) is -0.475. The number of aryl methyl sites for hydroxylation is 1. The molecule has 1 aromatic carbocycles. The van der Waals surface area contributed by atoms with Crippen molar-refractivity contribution in [2.24, 2.45) is 0 Å². The third kappa shape index (κ3) is 1.17. The summed E-state index contributed by atoms with van der Waals surface area (Å²) in [5, 5.41) is 9.46. The normalized spacial score (nSPS) is 10.2. The fourth-order valence-corrected chi connectivity index (χ4v) is 1.39. The van der Waals surface area contributed by atoms with Crippen LogP contribution in [-0.4, -0.2) is 4.98 Å². The van der Waals surface area contributed by atoms with Crippen LogP contribution in [0.15, 0.2) is 18.2 Å². The number of nitriles is 1. The van der Waals surface area contributed by atoms with Gasteiger partial charge in [0, 0.05) is 16.6 Å². The molecule has 2 nitrogen and oxygen atoms in total. The fraction of sp³-hybridized carbons (Fsp3) is 0.100. The highest BCUT2D eigenvalue weighted by atomic mass is 19.1. The van der Waals surface area contributed by atoms with Gasteiger partial charge in [0.2, 0.25) is 0 Å².